The van der Waals surface area contributed by atoms with Gasteiger partial charge in [0.25, 0.3) is 0 Å². The molecule has 0 aromatic carbocycles. The van der Waals surface area contributed by atoms with Crippen molar-refractivity contribution in [2.75, 3.05) is 6.79 Å². The fourth-order valence-corrected chi connectivity index (χ4v) is 1.16. The Hall–Kier alpha value is -1.02. The van der Waals surface area contributed by atoms with Crippen molar-refractivity contribution in [2.24, 2.45) is 0 Å². The van der Waals surface area contributed by atoms with Gasteiger partial charge < -0.3 is 9.47 Å². The maximum absolute atomic E-state index is 5.05. The van der Waals surface area contributed by atoms with Crippen LogP contribution in [0.15, 0.2) is 21.0 Å². The second-order valence-electron chi connectivity index (χ2n) is 1.69. The van der Waals surface area contributed by atoms with Gasteiger partial charge in [-0.1, -0.05) is 0 Å². The molecule has 0 amide bonds. The first kappa shape index (κ1) is 5.74. The molecule has 1 unspecified atom stereocenters. The quantitative estimate of drug-likeness (QED) is 0.542. The number of hydrogen-bond acceptors (Lipinski definition) is 4. The highest BCUT2D eigenvalue weighted by atomic mass is 31.1. The van der Waals surface area contributed by atoms with Crippen LogP contribution in [0.2, 0.25) is 0 Å². The molecular formula is C5H5O4P. The topological polar surface area (TPSA) is 44.7 Å². The highest BCUT2D eigenvalue weighted by Gasteiger charge is 2.11. The smallest absolute Gasteiger partial charge is 0.231 e. The van der Waals surface area contributed by atoms with Gasteiger partial charge in [0.1, 0.15) is 0 Å². The molecule has 1 aromatic rings. The van der Waals surface area contributed by atoms with E-state index < -0.39 is 0 Å². The van der Waals surface area contributed by atoms with Crippen molar-refractivity contribution in [1.82, 2.24) is 0 Å². The summed E-state index contributed by atoms with van der Waals surface area (Å²) in [6, 6.07) is 0. The largest absolute Gasteiger partial charge is 0.453 e. The minimum absolute atomic E-state index is 0.167. The summed E-state index contributed by atoms with van der Waals surface area (Å²) in [5.74, 6) is 3.09. The van der Waals surface area contributed by atoms with Gasteiger partial charge >= 0.3 is 0 Å². The molecule has 1 aromatic heterocycles. The highest BCUT2D eigenvalue weighted by Crippen LogP contribution is 2.31. The maximum Gasteiger partial charge on any atom is 0.231 e. The van der Waals surface area contributed by atoms with E-state index in [4.69, 9.17) is 9.47 Å². The Morgan fingerprint density at radius 3 is 3.20 bits per heavy atom. The third kappa shape index (κ3) is 0.866. The average Bonchev–Trinajstić information content (AvgIpc) is 2.28. The molecule has 10 heavy (non-hydrogen) atoms. The second-order valence-corrected chi connectivity index (χ2v) is 2.39. The van der Waals surface area contributed by atoms with E-state index in [1.165, 1.54) is 6.26 Å². The SMILES string of the molecule is c1oo[pH]cc2c1OCO2. The molecule has 2 rings (SSSR count). The molecule has 2 heterocycles. The van der Waals surface area contributed by atoms with Crippen molar-refractivity contribution in [3.05, 3.63) is 12.1 Å². The molecule has 0 spiro atoms. The molecule has 0 aliphatic carbocycles. The van der Waals surface area contributed by atoms with Crippen LogP contribution < -0.4 is 9.47 Å². The molecule has 0 radical (unpaired) electrons. The lowest BCUT2D eigenvalue weighted by Gasteiger charge is -1.85. The molecule has 0 saturated carbocycles. The molecule has 0 saturated heterocycles. The van der Waals surface area contributed by atoms with Crippen LogP contribution >= 0.6 is 8.43 Å². The molecule has 54 valence electrons. The summed E-state index contributed by atoms with van der Waals surface area (Å²) in [6.07, 6.45) is 1.39. The minimum atomic E-state index is 0.167. The van der Waals surface area contributed by atoms with Crippen LogP contribution in [0, 0.1) is 0 Å². The lowest BCUT2D eigenvalue weighted by Crippen LogP contribution is -1.93. The molecule has 1 aliphatic heterocycles. The number of rotatable bonds is 0. The fraction of sp³-hybridized carbons (Fsp3) is 0.200. The lowest BCUT2D eigenvalue weighted by molar-refractivity contribution is 0.0947. The summed E-state index contributed by atoms with van der Waals surface area (Å²) in [6.45, 7) is 0.269. The van der Waals surface area contributed by atoms with E-state index in [2.05, 4.69) is 8.93 Å². The van der Waals surface area contributed by atoms with E-state index in [0.717, 1.165) is 0 Å². The second kappa shape index (κ2) is 2.31. The van der Waals surface area contributed by atoms with E-state index in [1.807, 2.05) is 0 Å². The Kier molecular flexibility index (Phi) is 1.32. The van der Waals surface area contributed by atoms with E-state index in [0.29, 0.717) is 11.5 Å². The fourth-order valence-electron chi connectivity index (χ4n) is 0.677. The van der Waals surface area contributed by atoms with Crippen LogP contribution in [0.1, 0.15) is 0 Å². The summed E-state index contributed by atoms with van der Waals surface area (Å²) >= 11 is 0. The zero-order valence-corrected chi connectivity index (χ0v) is 5.99. The molecule has 0 fully saturated rings. The first-order valence-corrected chi connectivity index (χ1v) is 3.69. The van der Waals surface area contributed by atoms with Crippen molar-refractivity contribution in [2.45, 2.75) is 0 Å². The molecule has 4 nitrogen and oxygen atoms in total. The summed E-state index contributed by atoms with van der Waals surface area (Å²) in [5.41, 5.74) is 0. The first-order valence-electron chi connectivity index (χ1n) is 2.71. The zero-order valence-electron chi connectivity index (χ0n) is 4.99. The molecular weight excluding hydrogens is 155 g/mol. The minimum Gasteiger partial charge on any atom is -0.453 e. The van der Waals surface area contributed by atoms with Gasteiger partial charge in [0, 0.05) is 5.80 Å². The van der Waals surface area contributed by atoms with E-state index in [-0.39, 0.29) is 15.2 Å². The van der Waals surface area contributed by atoms with Gasteiger partial charge in [0.15, 0.2) is 12.0 Å². The summed E-state index contributed by atoms with van der Waals surface area (Å²) < 4.78 is 19.3. The van der Waals surface area contributed by atoms with Crippen LogP contribution in [0.3, 0.4) is 0 Å². The highest BCUT2D eigenvalue weighted by molar-refractivity contribution is 7.21. The molecule has 5 heteroatoms. The lowest BCUT2D eigenvalue weighted by atomic mass is 10.5. The van der Waals surface area contributed by atoms with Gasteiger partial charge in [-0.05, 0) is 0 Å². The van der Waals surface area contributed by atoms with Gasteiger partial charge in [0.2, 0.25) is 12.5 Å². The Morgan fingerprint density at radius 2 is 2.20 bits per heavy atom. The van der Waals surface area contributed by atoms with Crippen LogP contribution in [-0.4, -0.2) is 6.79 Å². The van der Waals surface area contributed by atoms with E-state index >= 15 is 0 Å². The molecule has 1 atom stereocenters. The van der Waals surface area contributed by atoms with Crippen LogP contribution in [0.4, 0.5) is 0 Å². The Morgan fingerprint density at radius 1 is 1.30 bits per heavy atom. The first-order chi connectivity index (χ1) is 4.97. The van der Waals surface area contributed by atoms with Gasteiger partial charge in [0.05, 0.1) is 8.43 Å². The van der Waals surface area contributed by atoms with Crippen LogP contribution in [0.25, 0.3) is 0 Å². The summed E-state index contributed by atoms with van der Waals surface area (Å²) in [4.78, 5) is 0. The normalized spacial score (nSPS) is 14.0. The average molecular weight is 160 g/mol. The van der Waals surface area contributed by atoms with Gasteiger partial charge in [-0.2, -0.15) is 0 Å². The number of hydrogen-bond donors (Lipinski definition) is 0. The molecule has 0 bridgehead atoms. The van der Waals surface area contributed by atoms with E-state index in [1.54, 1.807) is 5.80 Å². The zero-order chi connectivity index (χ0) is 6.81. The monoisotopic (exact) mass is 160 g/mol. The van der Waals surface area contributed by atoms with Crippen molar-refractivity contribution in [1.29, 1.82) is 0 Å². The predicted molar refractivity (Wildman–Crippen MR) is 34.2 cm³/mol. The third-order valence-electron chi connectivity index (χ3n) is 1.11. The Labute approximate surface area is 58.2 Å². The Balaban J connectivity index is 2.57. The van der Waals surface area contributed by atoms with Gasteiger partial charge in [-0.15, -0.1) is 0 Å². The Bertz CT molecular complexity index is 233. The van der Waals surface area contributed by atoms with Crippen molar-refractivity contribution in [3.63, 3.8) is 0 Å². The van der Waals surface area contributed by atoms with Crippen molar-refractivity contribution < 1.29 is 18.4 Å². The van der Waals surface area contributed by atoms with Crippen molar-refractivity contribution in [3.8, 4) is 11.5 Å². The van der Waals surface area contributed by atoms with Gasteiger partial charge in [-0.25, -0.2) is 0 Å². The van der Waals surface area contributed by atoms with Crippen LogP contribution in [0.5, 0.6) is 11.5 Å². The van der Waals surface area contributed by atoms with Crippen molar-refractivity contribution >= 4 is 8.43 Å². The van der Waals surface area contributed by atoms with Crippen LogP contribution in [-0.2, 0) is 0 Å². The predicted octanol–water partition coefficient (Wildman–Crippen LogP) is 1.76. The third-order valence-corrected chi connectivity index (χ3v) is 1.69. The summed E-state index contributed by atoms with van der Waals surface area (Å²) in [5, 5.41) is 0. The molecule has 1 aliphatic rings. The van der Waals surface area contributed by atoms with E-state index in [9.17, 15) is 0 Å². The molecule has 0 N–H and O–H groups in total. The number of ether oxygens (including phenoxy) is 2. The maximum atomic E-state index is 5.05. The van der Waals surface area contributed by atoms with Gasteiger partial charge in [-0.3, -0.25) is 8.93 Å². The standard InChI is InChI=1S/C5H5O4P/c1-4-5(7-3-6-4)2-10-9-8-1/h1-2,10H,3H2. The summed E-state index contributed by atoms with van der Waals surface area (Å²) in [7, 11) is 0.167. The number of fused-ring (bicyclic) bond motifs is 1.